The molecule has 0 radical (unpaired) electrons. The lowest BCUT2D eigenvalue weighted by Crippen LogP contribution is -2.40. The summed E-state index contributed by atoms with van der Waals surface area (Å²) in [7, 11) is 0. The summed E-state index contributed by atoms with van der Waals surface area (Å²) in [6, 6.07) is 14.3. The van der Waals surface area contributed by atoms with Gasteiger partial charge in [0.1, 0.15) is 5.82 Å². The summed E-state index contributed by atoms with van der Waals surface area (Å²) >= 11 is 0. The number of benzene rings is 1. The molecule has 3 heterocycles. The van der Waals surface area contributed by atoms with Crippen molar-refractivity contribution in [3.8, 4) is 0 Å². The molecule has 0 spiro atoms. The number of carbonyl (C=O) groups is 1. The Morgan fingerprint density at radius 3 is 2.57 bits per heavy atom. The van der Waals surface area contributed by atoms with Crippen LogP contribution in [-0.2, 0) is 11.3 Å². The van der Waals surface area contributed by atoms with E-state index in [-0.39, 0.29) is 5.91 Å². The summed E-state index contributed by atoms with van der Waals surface area (Å²) in [5.74, 6) is 0.886. The van der Waals surface area contributed by atoms with Crippen LogP contribution < -0.4 is 4.90 Å². The molecular formula is C22H28N4O2. The Morgan fingerprint density at radius 2 is 1.75 bits per heavy atom. The van der Waals surface area contributed by atoms with Gasteiger partial charge in [0.15, 0.2) is 0 Å². The maximum Gasteiger partial charge on any atom is 0.257 e. The van der Waals surface area contributed by atoms with Gasteiger partial charge in [-0.3, -0.25) is 9.69 Å². The predicted molar refractivity (Wildman–Crippen MR) is 110 cm³/mol. The van der Waals surface area contributed by atoms with Crippen LogP contribution in [-0.4, -0.2) is 73.2 Å². The van der Waals surface area contributed by atoms with Crippen molar-refractivity contribution in [3.63, 3.8) is 0 Å². The summed E-state index contributed by atoms with van der Waals surface area (Å²) in [5, 5.41) is 0. The molecule has 0 aliphatic carbocycles. The second-order valence-corrected chi connectivity index (χ2v) is 7.38. The van der Waals surface area contributed by atoms with E-state index in [0.29, 0.717) is 18.8 Å². The monoisotopic (exact) mass is 380 g/mol. The Hall–Kier alpha value is -2.44. The first kappa shape index (κ1) is 18.9. The fourth-order valence-corrected chi connectivity index (χ4v) is 3.94. The summed E-state index contributed by atoms with van der Waals surface area (Å²) in [6.45, 7) is 7.32. The zero-order valence-electron chi connectivity index (χ0n) is 16.3. The largest absolute Gasteiger partial charge is 0.378 e. The molecule has 0 N–H and O–H groups in total. The topological polar surface area (TPSA) is 48.9 Å². The van der Waals surface area contributed by atoms with E-state index >= 15 is 0 Å². The van der Waals surface area contributed by atoms with E-state index in [0.717, 1.165) is 58.1 Å². The third-order valence-corrected chi connectivity index (χ3v) is 5.45. The molecule has 0 bridgehead atoms. The van der Waals surface area contributed by atoms with E-state index in [1.807, 2.05) is 23.1 Å². The molecule has 2 aliphatic rings. The van der Waals surface area contributed by atoms with Gasteiger partial charge in [0.2, 0.25) is 0 Å². The summed E-state index contributed by atoms with van der Waals surface area (Å²) in [4.78, 5) is 24.4. The molecule has 0 unspecified atom stereocenters. The van der Waals surface area contributed by atoms with Crippen LogP contribution in [0.4, 0.5) is 5.82 Å². The minimum atomic E-state index is 0.0937. The summed E-state index contributed by atoms with van der Waals surface area (Å²) < 4.78 is 5.44. The third-order valence-electron chi connectivity index (χ3n) is 5.45. The van der Waals surface area contributed by atoms with Crippen molar-refractivity contribution < 1.29 is 9.53 Å². The van der Waals surface area contributed by atoms with Crippen LogP contribution in [0, 0.1) is 0 Å². The van der Waals surface area contributed by atoms with Crippen molar-refractivity contribution in [3.05, 3.63) is 59.8 Å². The Morgan fingerprint density at radius 1 is 0.929 bits per heavy atom. The van der Waals surface area contributed by atoms with Gasteiger partial charge in [-0.15, -0.1) is 0 Å². The number of hydrogen-bond acceptors (Lipinski definition) is 5. The average molecular weight is 380 g/mol. The normalized spacial score (nSPS) is 18.7. The molecule has 28 heavy (non-hydrogen) atoms. The highest BCUT2D eigenvalue weighted by Gasteiger charge is 2.25. The highest BCUT2D eigenvalue weighted by molar-refractivity contribution is 5.99. The van der Waals surface area contributed by atoms with Crippen LogP contribution in [0.5, 0.6) is 0 Å². The van der Waals surface area contributed by atoms with Crippen molar-refractivity contribution in [1.82, 2.24) is 14.8 Å². The molecule has 0 saturated carbocycles. The molecule has 6 heteroatoms. The molecule has 2 aliphatic heterocycles. The smallest absolute Gasteiger partial charge is 0.257 e. The van der Waals surface area contributed by atoms with Crippen LogP contribution in [0.15, 0.2) is 48.7 Å². The fraction of sp³-hybridized carbons (Fsp3) is 0.455. The minimum Gasteiger partial charge on any atom is -0.378 e. The van der Waals surface area contributed by atoms with E-state index in [1.165, 1.54) is 5.56 Å². The third kappa shape index (κ3) is 4.51. The number of pyridine rings is 1. The molecule has 1 aromatic carbocycles. The molecule has 4 rings (SSSR count). The zero-order chi connectivity index (χ0) is 19.2. The highest BCUT2D eigenvalue weighted by Crippen LogP contribution is 2.21. The van der Waals surface area contributed by atoms with E-state index in [4.69, 9.17) is 4.74 Å². The second-order valence-electron chi connectivity index (χ2n) is 7.38. The quantitative estimate of drug-likeness (QED) is 0.814. The van der Waals surface area contributed by atoms with Crippen molar-refractivity contribution in [2.24, 2.45) is 0 Å². The van der Waals surface area contributed by atoms with Crippen LogP contribution >= 0.6 is 0 Å². The van der Waals surface area contributed by atoms with Gasteiger partial charge in [-0.25, -0.2) is 4.98 Å². The average Bonchev–Trinajstić information content (AvgIpc) is 3.00. The maximum atomic E-state index is 13.3. The molecular weight excluding hydrogens is 352 g/mol. The van der Waals surface area contributed by atoms with Crippen molar-refractivity contribution >= 4 is 11.7 Å². The van der Waals surface area contributed by atoms with E-state index in [9.17, 15) is 4.79 Å². The first-order valence-electron chi connectivity index (χ1n) is 10.1. The van der Waals surface area contributed by atoms with Gasteiger partial charge < -0.3 is 14.5 Å². The number of ether oxygens (including phenoxy) is 1. The van der Waals surface area contributed by atoms with Gasteiger partial charge in [-0.2, -0.15) is 0 Å². The summed E-state index contributed by atoms with van der Waals surface area (Å²) in [6.07, 6.45) is 2.76. The van der Waals surface area contributed by atoms with Gasteiger partial charge in [0, 0.05) is 52.0 Å². The van der Waals surface area contributed by atoms with Crippen LogP contribution in [0.25, 0.3) is 0 Å². The van der Waals surface area contributed by atoms with E-state index in [1.54, 1.807) is 6.20 Å². The molecule has 1 aromatic heterocycles. The Bertz CT molecular complexity index is 777. The number of amides is 1. The van der Waals surface area contributed by atoms with Crippen LogP contribution in [0.2, 0.25) is 0 Å². The van der Waals surface area contributed by atoms with Gasteiger partial charge in [-0.05, 0) is 24.1 Å². The van der Waals surface area contributed by atoms with Crippen LogP contribution in [0.3, 0.4) is 0 Å². The van der Waals surface area contributed by atoms with Crippen molar-refractivity contribution in [2.75, 3.05) is 57.4 Å². The molecule has 1 amide bonds. The van der Waals surface area contributed by atoms with Gasteiger partial charge >= 0.3 is 0 Å². The van der Waals surface area contributed by atoms with Gasteiger partial charge in [-0.1, -0.05) is 30.3 Å². The molecule has 0 atom stereocenters. The van der Waals surface area contributed by atoms with Crippen molar-refractivity contribution in [1.29, 1.82) is 0 Å². The number of carbonyl (C=O) groups excluding carboxylic acids is 1. The number of hydrogen-bond donors (Lipinski definition) is 0. The Kier molecular flexibility index (Phi) is 6.19. The lowest BCUT2D eigenvalue weighted by atomic mass is 10.2. The van der Waals surface area contributed by atoms with E-state index in [2.05, 4.69) is 39.0 Å². The fourth-order valence-electron chi connectivity index (χ4n) is 3.94. The summed E-state index contributed by atoms with van der Waals surface area (Å²) in [5.41, 5.74) is 2.03. The highest BCUT2D eigenvalue weighted by atomic mass is 16.5. The molecule has 2 fully saturated rings. The predicted octanol–water partition coefficient (Wildman–Crippen LogP) is 2.27. The van der Waals surface area contributed by atoms with Gasteiger partial charge in [0.05, 0.1) is 18.8 Å². The van der Waals surface area contributed by atoms with Crippen LogP contribution in [0.1, 0.15) is 22.3 Å². The number of morpholine rings is 1. The lowest BCUT2D eigenvalue weighted by Gasteiger charge is -2.30. The molecule has 148 valence electrons. The zero-order valence-corrected chi connectivity index (χ0v) is 16.3. The number of rotatable bonds is 4. The molecule has 2 saturated heterocycles. The SMILES string of the molecule is O=C(c1cccnc1N1CCOCC1)N1CCCN(Cc2ccccc2)CC1. The number of nitrogens with zero attached hydrogens (tertiary/aromatic N) is 4. The minimum absolute atomic E-state index is 0.0937. The van der Waals surface area contributed by atoms with Gasteiger partial charge in [0.25, 0.3) is 5.91 Å². The Labute approximate surface area is 166 Å². The standard InChI is InChI=1S/C22H28N4O2/c27-22(20-8-4-9-23-21(20)25-14-16-28-17-15-25)26-11-5-10-24(12-13-26)18-19-6-2-1-3-7-19/h1-4,6-9H,5,10-18H2. The van der Waals surface area contributed by atoms with E-state index < -0.39 is 0 Å². The second kappa shape index (κ2) is 9.17. The first-order chi connectivity index (χ1) is 13.8. The molecule has 6 nitrogen and oxygen atoms in total. The Balaban J connectivity index is 1.43. The number of aromatic nitrogens is 1. The first-order valence-corrected chi connectivity index (χ1v) is 10.1. The lowest BCUT2D eigenvalue weighted by molar-refractivity contribution is 0.0760. The number of anilines is 1. The molecule has 2 aromatic rings. The maximum absolute atomic E-state index is 13.3. The van der Waals surface area contributed by atoms with Crippen molar-refractivity contribution in [2.45, 2.75) is 13.0 Å².